The summed E-state index contributed by atoms with van der Waals surface area (Å²) in [5.41, 5.74) is 0.692. The minimum Gasteiger partial charge on any atom is -0.507 e. The zero-order valence-electron chi connectivity index (χ0n) is 11.6. The third kappa shape index (κ3) is 1.45. The van der Waals surface area contributed by atoms with Crippen molar-refractivity contribution >= 4 is 21.9 Å². The van der Waals surface area contributed by atoms with Crippen LogP contribution < -0.4 is 10.2 Å². The molecule has 2 N–H and O–H groups in total. The van der Waals surface area contributed by atoms with Crippen LogP contribution in [0.1, 0.15) is 11.5 Å². The number of benzene rings is 2. The van der Waals surface area contributed by atoms with E-state index in [1.54, 1.807) is 18.4 Å². The van der Waals surface area contributed by atoms with Gasteiger partial charge in [-0.2, -0.15) is 0 Å². The van der Waals surface area contributed by atoms with Crippen LogP contribution in [-0.4, -0.2) is 16.5 Å². The molecule has 0 fully saturated rings. The number of phenolic OH excluding ortho intramolecular Hbond substituents is 2. The Kier molecular flexibility index (Phi) is 2.15. The highest BCUT2D eigenvalue weighted by atomic mass is 16.7. The standard InChI is InChI=1S/C17H10O6/c18-8-2-1-3-10-13(8)15(20)14-9(19)6-11-12(16(14)22-10)7-4-5-21-17(7)23-11/h1-7,17-19H/t7-,17+/m0/s1. The van der Waals surface area contributed by atoms with Gasteiger partial charge in [-0.3, -0.25) is 4.79 Å². The highest BCUT2D eigenvalue weighted by molar-refractivity contribution is 5.98. The lowest BCUT2D eigenvalue weighted by Crippen LogP contribution is -2.14. The molecule has 5 rings (SSSR count). The summed E-state index contributed by atoms with van der Waals surface area (Å²) in [6, 6.07) is 5.98. The van der Waals surface area contributed by atoms with Crippen molar-refractivity contribution in [1.82, 2.24) is 0 Å². The number of phenols is 2. The molecule has 6 heteroatoms. The van der Waals surface area contributed by atoms with Crippen LogP contribution in [0.4, 0.5) is 0 Å². The van der Waals surface area contributed by atoms with Crippen molar-refractivity contribution in [3.63, 3.8) is 0 Å². The van der Waals surface area contributed by atoms with E-state index in [-0.39, 0.29) is 39.4 Å². The predicted octanol–water partition coefficient (Wildman–Crippen LogP) is 2.70. The Bertz CT molecular complexity index is 1080. The number of rotatable bonds is 0. The maximum absolute atomic E-state index is 12.8. The van der Waals surface area contributed by atoms with Gasteiger partial charge in [0.05, 0.1) is 17.7 Å². The second kappa shape index (κ2) is 3.98. The first-order valence-corrected chi connectivity index (χ1v) is 7.08. The van der Waals surface area contributed by atoms with E-state index in [4.69, 9.17) is 13.9 Å². The Morgan fingerprint density at radius 1 is 1.09 bits per heavy atom. The molecule has 0 aliphatic carbocycles. The first-order valence-electron chi connectivity index (χ1n) is 7.08. The van der Waals surface area contributed by atoms with Gasteiger partial charge in [0.2, 0.25) is 5.43 Å². The molecule has 2 atom stereocenters. The van der Waals surface area contributed by atoms with Gasteiger partial charge in [-0.1, -0.05) is 6.07 Å². The van der Waals surface area contributed by atoms with E-state index in [2.05, 4.69) is 0 Å². The zero-order chi connectivity index (χ0) is 15.7. The van der Waals surface area contributed by atoms with Crippen molar-refractivity contribution in [1.29, 1.82) is 0 Å². The molecule has 2 aliphatic rings. The minimum absolute atomic E-state index is 0.0299. The van der Waals surface area contributed by atoms with Crippen molar-refractivity contribution in [2.24, 2.45) is 0 Å². The lowest BCUT2D eigenvalue weighted by atomic mass is 9.97. The number of aromatic hydroxyl groups is 2. The lowest BCUT2D eigenvalue weighted by Gasteiger charge is -2.09. The summed E-state index contributed by atoms with van der Waals surface area (Å²) in [5, 5.41) is 20.3. The Morgan fingerprint density at radius 3 is 2.83 bits per heavy atom. The minimum atomic E-state index is -0.514. The predicted molar refractivity (Wildman–Crippen MR) is 80.7 cm³/mol. The van der Waals surface area contributed by atoms with E-state index < -0.39 is 11.7 Å². The second-order valence-corrected chi connectivity index (χ2v) is 5.57. The average Bonchev–Trinajstić information content (AvgIpc) is 3.07. The Labute approximate surface area is 128 Å². The monoisotopic (exact) mass is 310 g/mol. The number of hydrogen-bond acceptors (Lipinski definition) is 6. The quantitative estimate of drug-likeness (QED) is 0.621. The molecule has 0 saturated carbocycles. The summed E-state index contributed by atoms with van der Waals surface area (Å²) in [5.74, 6) is -0.208. The fraction of sp³-hybridized carbons (Fsp3) is 0.118. The number of hydrogen-bond donors (Lipinski definition) is 2. The van der Waals surface area contributed by atoms with Crippen molar-refractivity contribution in [3.05, 3.63) is 52.4 Å². The largest absolute Gasteiger partial charge is 0.507 e. The second-order valence-electron chi connectivity index (χ2n) is 5.57. The SMILES string of the molecule is O=c1c2c(O)cccc2oc2c3c(cc(O)c12)O[C@H]1OC=C[C@@H]31. The molecule has 0 amide bonds. The molecular weight excluding hydrogens is 300 g/mol. The third-order valence-electron chi connectivity index (χ3n) is 4.30. The molecule has 2 aromatic carbocycles. The molecule has 0 bridgehead atoms. The van der Waals surface area contributed by atoms with Gasteiger partial charge in [0.1, 0.15) is 39.2 Å². The van der Waals surface area contributed by atoms with Crippen molar-refractivity contribution in [2.45, 2.75) is 12.2 Å². The summed E-state index contributed by atoms with van der Waals surface area (Å²) < 4.78 is 16.8. The molecule has 114 valence electrons. The fourth-order valence-electron chi connectivity index (χ4n) is 3.28. The smallest absolute Gasteiger partial charge is 0.250 e. The van der Waals surface area contributed by atoms with E-state index in [0.717, 1.165) is 0 Å². The van der Waals surface area contributed by atoms with Crippen LogP contribution >= 0.6 is 0 Å². The van der Waals surface area contributed by atoms with E-state index in [0.29, 0.717) is 11.3 Å². The van der Waals surface area contributed by atoms with Crippen LogP contribution in [0.15, 0.2) is 45.8 Å². The van der Waals surface area contributed by atoms with Gasteiger partial charge in [0.15, 0.2) is 0 Å². The molecule has 3 heterocycles. The first kappa shape index (κ1) is 12.4. The molecule has 0 spiro atoms. The Balaban J connectivity index is 2.00. The highest BCUT2D eigenvalue weighted by Gasteiger charge is 2.40. The van der Waals surface area contributed by atoms with Gasteiger partial charge in [0.25, 0.3) is 6.29 Å². The maximum Gasteiger partial charge on any atom is 0.250 e. The van der Waals surface area contributed by atoms with E-state index in [1.807, 2.05) is 6.08 Å². The molecule has 1 aromatic heterocycles. The van der Waals surface area contributed by atoms with Crippen molar-refractivity contribution < 1.29 is 24.1 Å². The van der Waals surface area contributed by atoms with E-state index in [1.165, 1.54) is 12.1 Å². The zero-order valence-corrected chi connectivity index (χ0v) is 11.6. The molecule has 3 aromatic rings. The van der Waals surface area contributed by atoms with Crippen LogP contribution in [0.2, 0.25) is 0 Å². The van der Waals surface area contributed by atoms with E-state index in [9.17, 15) is 15.0 Å². The molecule has 0 saturated heterocycles. The maximum atomic E-state index is 12.8. The lowest BCUT2D eigenvalue weighted by molar-refractivity contribution is -0.00484. The van der Waals surface area contributed by atoms with E-state index >= 15 is 0 Å². The molecular formula is C17H10O6. The topological polar surface area (TPSA) is 89.1 Å². The number of fused-ring (bicyclic) bond motifs is 6. The van der Waals surface area contributed by atoms with Gasteiger partial charge in [0, 0.05) is 6.07 Å². The van der Waals surface area contributed by atoms with Gasteiger partial charge in [-0.05, 0) is 18.2 Å². The molecule has 0 unspecified atom stereocenters. The van der Waals surface area contributed by atoms with Gasteiger partial charge < -0.3 is 24.1 Å². The van der Waals surface area contributed by atoms with Crippen LogP contribution in [0, 0.1) is 0 Å². The molecule has 6 nitrogen and oxygen atoms in total. The van der Waals surface area contributed by atoms with Gasteiger partial charge in [-0.25, -0.2) is 0 Å². The summed E-state index contributed by atoms with van der Waals surface area (Å²) in [7, 11) is 0. The first-order chi connectivity index (χ1) is 11.1. The highest BCUT2D eigenvalue weighted by Crippen LogP contribution is 2.48. The molecule has 0 radical (unpaired) electrons. The van der Waals surface area contributed by atoms with Gasteiger partial charge in [-0.15, -0.1) is 0 Å². The normalized spacial score (nSPS) is 21.2. The summed E-state index contributed by atoms with van der Waals surface area (Å²) in [6.07, 6.45) is 2.85. The van der Waals surface area contributed by atoms with Crippen LogP contribution in [0.5, 0.6) is 17.2 Å². The van der Waals surface area contributed by atoms with Crippen LogP contribution in [0.25, 0.3) is 21.9 Å². The Morgan fingerprint density at radius 2 is 1.96 bits per heavy atom. The molecule has 23 heavy (non-hydrogen) atoms. The van der Waals surface area contributed by atoms with Crippen molar-refractivity contribution in [2.75, 3.05) is 0 Å². The van der Waals surface area contributed by atoms with Gasteiger partial charge >= 0.3 is 0 Å². The number of ether oxygens (including phenoxy) is 2. The fourth-order valence-corrected chi connectivity index (χ4v) is 3.28. The van der Waals surface area contributed by atoms with Crippen LogP contribution in [0.3, 0.4) is 0 Å². The summed E-state index contributed by atoms with van der Waals surface area (Å²) in [6.45, 7) is 0. The summed E-state index contributed by atoms with van der Waals surface area (Å²) in [4.78, 5) is 12.8. The third-order valence-corrected chi connectivity index (χ3v) is 4.30. The van der Waals surface area contributed by atoms with Crippen molar-refractivity contribution in [3.8, 4) is 17.2 Å². The Hall–Kier alpha value is -3.15. The molecule has 2 aliphatic heterocycles. The summed E-state index contributed by atoms with van der Waals surface area (Å²) >= 11 is 0. The average molecular weight is 310 g/mol. The van der Waals surface area contributed by atoms with Crippen LogP contribution in [-0.2, 0) is 4.74 Å².